The summed E-state index contributed by atoms with van der Waals surface area (Å²) in [5.74, 6) is -4.59. The van der Waals surface area contributed by atoms with Gasteiger partial charge in [-0.3, -0.25) is 4.79 Å². The highest BCUT2D eigenvalue weighted by Gasteiger charge is 2.47. The summed E-state index contributed by atoms with van der Waals surface area (Å²) < 4.78 is 67.3. The van der Waals surface area contributed by atoms with Crippen molar-refractivity contribution in [2.24, 2.45) is 13.0 Å². The van der Waals surface area contributed by atoms with Crippen LogP contribution in [-0.4, -0.2) is 60.8 Å². The lowest BCUT2D eigenvalue weighted by Gasteiger charge is -2.43. The Hall–Kier alpha value is -3.64. The van der Waals surface area contributed by atoms with E-state index in [1.165, 1.54) is 11.8 Å². The molecule has 0 saturated carbocycles. The molecular weight excluding hydrogens is 473 g/mol. The SMILES string of the molecule is C[C@@H]1CC(F)(F)CN(C(=O)c2nn(C)nc2-c2ccccc2)[C@@H]1CNc1ncc(C(F)(F)F)cn1. The van der Waals surface area contributed by atoms with Crippen LogP contribution >= 0.6 is 0 Å². The summed E-state index contributed by atoms with van der Waals surface area (Å²) in [6.45, 7) is 0.707. The van der Waals surface area contributed by atoms with Crippen LogP contribution < -0.4 is 5.32 Å². The highest BCUT2D eigenvalue weighted by molar-refractivity contribution is 5.98. The number of rotatable bonds is 5. The topological polar surface area (TPSA) is 88.8 Å². The third-order valence-corrected chi connectivity index (χ3v) is 5.75. The number of benzene rings is 1. The number of carbonyl (C=O) groups excluding carboxylic acids is 1. The molecule has 2 aromatic heterocycles. The first-order valence-corrected chi connectivity index (χ1v) is 10.7. The predicted octanol–water partition coefficient (Wildman–Crippen LogP) is 3.89. The van der Waals surface area contributed by atoms with Crippen LogP contribution in [0.3, 0.4) is 0 Å². The number of amides is 1. The van der Waals surface area contributed by atoms with E-state index >= 15 is 0 Å². The normalized spacial score (nSPS) is 20.0. The van der Waals surface area contributed by atoms with Gasteiger partial charge in [0.05, 0.1) is 18.2 Å². The van der Waals surface area contributed by atoms with Crippen LogP contribution in [0.1, 0.15) is 29.4 Å². The summed E-state index contributed by atoms with van der Waals surface area (Å²) in [5, 5.41) is 11.1. The highest BCUT2D eigenvalue weighted by Crippen LogP contribution is 2.36. The van der Waals surface area contributed by atoms with Gasteiger partial charge in [-0.25, -0.2) is 18.7 Å². The summed E-state index contributed by atoms with van der Waals surface area (Å²) in [6, 6.07) is 8.04. The number of aryl methyl sites for hydroxylation is 1. The van der Waals surface area contributed by atoms with E-state index in [0.29, 0.717) is 18.0 Å². The van der Waals surface area contributed by atoms with Gasteiger partial charge in [-0.2, -0.15) is 23.1 Å². The molecule has 1 aliphatic rings. The Morgan fingerprint density at radius 2 is 1.80 bits per heavy atom. The van der Waals surface area contributed by atoms with Crippen LogP contribution in [0.15, 0.2) is 42.7 Å². The molecule has 0 aliphatic carbocycles. The molecule has 0 unspecified atom stereocenters. The third-order valence-electron chi connectivity index (χ3n) is 5.75. The van der Waals surface area contributed by atoms with Gasteiger partial charge in [-0.05, 0) is 5.92 Å². The molecule has 3 aromatic rings. The number of halogens is 5. The zero-order valence-electron chi connectivity index (χ0n) is 18.8. The quantitative estimate of drug-likeness (QED) is 0.541. The van der Waals surface area contributed by atoms with Crippen molar-refractivity contribution in [3.8, 4) is 11.3 Å². The van der Waals surface area contributed by atoms with Crippen LogP contribution in [0.2, 0.25) is 0 Å². The second kappa shape index (κ2) is 9.19. The Kier molecular flexibility index (Phi) is 6.43. The molecule has 3 heterocycles. The zero-order chi connectivity index (χ0) is 25.4. The van der Waals surface area contributed by atoms with Crippen molar-refractivity contribution in [2.75, 3.05) is 18.4 Å². The number of anilines is 1. The van der Waals surface area contributed by atoms with Gasteiger partial charge in [-0.1, -0.05) is 37.3 Å². The van der Waals surface area contributed by atoms with Gasteiger partial charge in [0.25, 0.3) is 11.8 Å². The van der Waals surface area contributed by atoms with E-state index in [-0.39, 0.29) is 23.9 Å². The number of nitrogens with zero attached hydrogens (tertiary/aromatic N) is 6. The van der Waals surface area contributed by atoms with E-state index < -0.39 is 48.5 Å². The van der Waals surface area contributed by atoms with E-state index in [4.69, 9.17) is 0 Å². The maximum Gasteiger partial charge on any atom is 0.419 e. The molecule has 1 amide bonds. The average molecular weight is 495 g/mol. The summed E-state index contributed by atoms with van der Waals surface area (Å²) in [6.07, 6.45) is -3.79. The number of hydrogen-bond acceptors (Lipinski definition) is 6. The van der Waals surface area contributed by atoms with Crippen LogP contribution in [0, 0.1) is 5.92 Å². The first-order chi connectivity index (χ1) is 16.4. The fraction of sp³-hybridized carbons (Fsp3) is 0.409. The third kappa shape index (κ3) is 5.38. The van der Waals surface area contributed by atoms with E-state index in [2.05, 4.69) is 25.5 Å². The number of nitrogens with one attached hydrogen (secondary N) is 1. The lowest BCUT2D eigenvalue weighted by atomic mass is 9.88. The number of aromatic nitrogens is 5. The summed E-state index contributed by atoms with van der Waals surface area (Å²) in [4.78, 5) is 23.0. The molecule has 13 heteroatoms. The Morgan fingerprint density at radius 1 is 1.14 bits per heavy atom. The maximum atomic E-state index is 14.5. The van der Waals surface area contributed by atoms with Gasteiger partial charge in [0.15, 0.2) is 5.69 Å². The average Bonchev–Trinajstić information content (AvgIpc) is 3.19. The van der Waals surface area contributed by atoms with Gasteiger partial charge in [0.2, 0.25) is 5.95 Å². The number of piperidine rings is 1. The molecular formula is C22H22F5N7O. The minimum Gasteiger partial charge on any atom is -0.352 e. The Bertz CT molecular complexity index is 1180. The molecule has 35 heavy (non-hydrogen) atoms. The van der Waals surface area contributed by atoms with Gasteiger partial charge in [-0.15, -0.1) is 5.10 Å². The van der Waals surface area contributed by atoms with E-state index in [0.717, 1.165) is 4.90 Å². The lowest BCUT2D eigenvalue weighted by molar-refractivity contribution is -0.138. The molecule has 1 saturated heterocycles. The largest absolute Gasteiger partial charge is 0.419 e. The predicted molar refractivity (Wildman–Crippen MR) is 116 cm³/mol. The molecule has 1 aromatic carbocycles. The highest BCUT2D eigenvalue weighted by atomic mass is 19.4. The van der Waals surface area contributed by atoms with Crippen molar-refractivity contribution in [1.82, 2.24) is 29.9 Å². The molecule has 186 valence electrons. The van der Waals surface area contributed by atoms with Crippen LogP contribution in [-0.2, 0) is 13.2 Å². The monoisotopic (exact) mass is 495 g/mol. The van der Waals surface area contributed by atoms with E-state index in [9.17, 15) is 26.7 Å². The van der Waals surface area contributed by atoms with Crippen molar-refractivity contribution < 1.29 is 26.7 Å². The fourth-order valence-corrected chi connectivity index (χ4v) is 4.12. The lowest BCUT2D eigenvalue weighted by Crippen LogP contribution is -2.57. The van der Waals surface area contributed by atoms with Crippen molar-refractivity contribution in [1.29, 1.82) is 0 Å². The minimum atomic E-state index is -4.58. The Labute approximate surface area is 197 Å². The summed E-state index contributed by atoms with van der Waals surface area (Å²) in [5.41, 5.74) is -0.216. The number of hydrogen-bond donors (Lipinski definition) is 1. The maximum absolute atomic E-state index is 14.5. The van der Waals surface area contributed by atoms with Gasteiger partial charge >= 0.3 is 6.18 Å². The van der Waals surface area contributed by atoms with Crippen molar-refractivity contribution >= 4 is 11.9 Å². The molecule has 1 aliphatic heterocycles. The van der Waals surface area contributed by atoms with E-state index in [1.807, 2.05) is 0 Å². The number of likely N-dealkylation sites (tertiary alicyclic amines) is 1. The van der Waals surface area contributed by atoms with Crippen LogP contribution in [0.5, 0.6) is 0 Å². The first kappa shape index (κ1) is 24.5. The zero-order valence-corrected chi connectivity index (χ0v) is 18.8. The van der Waals surface area contributed by atoms with E-state index in [1.54, 1.807) is 37.3 Å². The Morgan fingerprint density at radius 3 is 2.43 bits per heavy atom. The molecule has 4 rings (SSSR count). The number of alkyl halides is 5. The Balaban J connectivity index is 1.60. The molecule has 1 fully saturated rings. The van der Waals surface area contributed by atoms with Gasteiger partial charge in [0, 0.05) is 38.0 Å². The molecule has 8 nitrogen and oxygen atoms in total. The first-order valence-electron chi connectivity index (χ1n) is 10.7. The van der Waals surface area contributed by atoms with Crippen molar-refractivity contribution in [2.45, 2.75) is 31.5 Å². The minimum absolute atomic E-state index is 0.0463. The van der Waals surface area contributed by atoms with Gasteiger partial charge in [0.1, 0.15) is 5.69 Å². The fourth-order valence-electron chi connectivity index (χ4n) is 4.12. The molecule has 2 atom stereocenters. The standard InChI is InChI=1S/C22H22F5N7O/c1-13-8-21(23,24)12-34(16(13)11-30-20-28-9-15(10-29-20)22(25,26)27)19(35)18-17(31-33(2)32-18)14-6-4-3-5-7-14/h3-7,9-10,13,16H,8,11-12H2,1-2H3,(H,28,29,30)/t13-,16-/m1/s1. The second-order valence-electron chi connectivity index (χ2n) is 8.46. The van der Waals surface area contributed by atoms with Crippen LogP contribution in [0.25, 0.3) is 11.3 Å². The molecule has 0 spiro atoms. The van der Waals surface area contributed by atoms with Crippen LogP contribution in [0.4, 0.5) is 27.9 Å². The second-order valence-corrected chi connectivity index (χ2v) is 8.46. The van der Waals surface area contributed by atoms with Crippen molar-refractivity contribution in [3.05, 3.63) is 54.0 Å². The van der Waals surface area contributed by atoms with Crippen molar-refractivity contribution in [3.63, 3.8) is 0 Å². The molecule has 1 N–H and O–H groups in total. The smallest absolute Gasteiger partial charge is 0.352 e. The molecule has 0 radical (unpaired) electrons. The van der Waals surface area contributed by atoms with Gasteiger partial charge < -0.3 is 10.2 Å². The summed E-state index contributed by atoms with van der Waals surface area (Å²) in [7, 11) is 1.53. The molecule has 0 bridgehead atoms. The number of carbonyl (C=O) groups is 1. The summed E-state index contributed by atoms with van der Waals surface area (Å²) >= 11 is 0.